The predicted octanol–water partition coefficient (Wildman–Crippen LogP) is 3.56. The van der Waals surface area contributed by atoms with E-state index in [4.69, 9.17) is 16.3 Å². The molecule has 0 fully saturated rings. The zero-order valence-corrected chi connectivity index (χ0v) is 16.0. The second kappa shape index (κ2) is 6.75. The van der Waals surface area contributed by atoms with Crippen LogP contribution in [0.15, 0.2) is 41.3 Å². The Balaban J connectivity index is 2.30. The summed E-state index contributed by atoms with van der Waals surface area (Å²) >= 11 is 6.10. The van der Waals surface area contributed by atoms with Crippen molar-refractivity contribution in [2.24, 2.45) is 0 Å². The zero-order valence-electron chi connectivity index (χ0n) is 14.4. The largest absolute Gasteiger partial charge is 0.496 e. The molecule has 3 aromatic rings. The van der Waals surface area contributed by atoms with Crippen LogP contribution in [0.4, 0.5) is 0 Å². The maximum atomic E-state index is 12.4. The van der Waals surface area contributed by atoms with Gasteiger partial charge >= 0.3 is 0 Å². The molecule has 6 nitrogen and oxygen atoms in total. The van der Waals surface area contributed by atoms with Crippen molar-refractivity contribution in [2.45, 2.75) is 4.90 Å². The van der Waals surface area contributed by atoms with Gasteiger partial charge in [0.25, 0.3) is 0 Å². The molecule has 0 unspecified atom stereocenters. The van der Waals surface area contributed by atoms with Crippen molar-refractivity contribution in [2.75, 3.05) is 21.2 Å². The number of methoxy groups -OCH3 is 1. The van der Waals surface area contributed by atoms with Crippen LogP contribution in [0.5, 0.6) is 5.75 Å². The van der Waals surface area contributed by atoms with E-state index in [0.29, 0.717) is 44.8 Å². The molecule has 0 radical (unpaired) electrons. The summed E-state index contributed by atoms with van der Waals surface area (Å²) in [6.45, 7) is 0. The average molecular weight is 393 g/mol. The van der Waals surface area contributed by atoms with E-state index in [1.807, 2.05) is 0 Å². The maximum absolute atomic E-state index is 12.4. The predicted molar refractivity (Wildman–Crippen MR) is 102 cm³/mol. The van der Waals surface area contributed by atoms with Gasteiger partial charge < -0.3 is 9.72 Å². The molecular weight excluding hydrogens is 376 g/mol. The van der Waals surface area contributed by atoms with Crippen molar-refractivity contribution in [1.82, 2.24) is 9.29 Å². The number of sulfonamides is 1. The fourth-order valence-electron chi connectivity index (χ4n) is 2.77. The number of halogens is 1. The summed E-state index contributed by atoms with van der Waals surface area (Å²) in [5.74, 6) is 0.546. The van der Waals surface area contributed by atoms with E-state index in [0.717, 1.165) is 4.31 Å². The number of carbonyl (C=O) groups excluding carboxylic acids is 1. The molecule has 3 rings (SSSR count). The van der Waals surface area contributed by atoms with Gasteiger partial charge in [-0.1, -0.05) is 11.6 Å². The highest BCUT2D eigenvalue weighted by molar-refractivity contribution is 7.89. The van der Waals surface area contributed by atoms with Gasteiger partial charge in [-0.05, 0) is 36.4 Å². The molecule has 0 aliphatic carbocycles. The lowest BCUT2D eigenvalue weighted by Gasteiger charge is -2.11. The Kier molecular flexibility index (Phi) is 4.79. The number of fused-ring (bicyclic) bond motifs is 1. The Morgan fingerprint density at radius 3 is 2.50 bits per heavy atom. The zero-order chi connectivity index (χ0) is 19.1. The summed E-state index contributed by atoms with van der Waals surface area (Å²) in [5.41, 5.74) is 2.13. The molecule has 0 saturated carbocycles. The van der Waals surface area contributed by atoms with Crippen LogP contribution in [0.3, 0.4) is 0 Å². The van der Waals surface area contributed by atoms with Crippen molar-refractivity contribution < 1.29 is 17.9 Å². The summed E-state index contributed by atoms with van der Waals surface area (Å²) in [5, 5.41) is 1.01. The molecule has 8 heteroatoms. The van der Waals surface area contributed by atoms with Crippen molar-refractivity contribution >= 4 is 38.8 Å². The number of nitrogens with zero attached hydrogens (tertiary/aromatic N) is 1. The first-order valence-electron chi connectivity index (χ1n) is 7.67. The summed E-state index contributed by atoms with van der Waals surface area (Å²) in [4.78, 5) is 15.1. The quantitative estimate of drug-likeness (QED) is 0.673. The second-order valence-electron chi connectivity index (χ2n) is 5.87. The SMILES string of the molecule is COc1ccc(Cl)cc1-c1[nH]c2ccc(S(=O)(=O)N(C)C)cc2c1C=O. The average Bonchev–Trinajstić information content (AvgIpc) is 2.99. The van der Waals surface area contributed by atoms with Crippen LogP contribution in [0.25, 0.3) is 22.2 Å². The van der Waals surface area contributed by atoms with Crippen LogP contribution in [0, 0.1) is 0 Å². The fraction of sp³-hybridized carbons (Fsp3) is 0.167. The molecule has 0 spiro atoms. The Morgan fingerprint density at radius 1 is 1.15 bits per heavy atom. The van der Waals surface area contributed by atoms with E-state index >= 15 is 0 Å². The minimum atomic E-state index is -3.61. The first-order chi connectivity index (χ1) is 12.3. The van der Waals surface area contributed by atoms with E-state index in [-0.39, 0.29) is 4.90 Å². The van der Waals surface area contributed by atoms with Crippen LogP contribution in [-0.2, 0) is 10.0 Å². The first-order valence-corrected chi connectivity index (χ1v) is 9.48. The van der Waals surface area contributed by atoms with Gasteiger partial charge in [0, 0.05) is 41.1 Å². The van der Waals surface area contributed by atoms with Gasteiger partial charge in [0.05, 0.1) is 17.7 Å². The third-order valence-corrected chi connectivity index (χ3v) is 6.18. The standard InChI is InChI=1S/C18H17ClN2O4S/c1-21(2)26(23,24)12-5-6-16-13(9-12)15(10-22)18(20-16)14-8-11(19)4-7-17(14)25-3/h4-10,20H,1-3H3. The number of rotatable bonds is 5. The highest BCUT2D eigenvalue weighted by Crippen LogP contribution is 2.37. The normalized spacial score (nSPS) is 11.9. The number of carbonyl (C=O) groups is 1. The molecule has 136 valence electrons. The minimum absolute atomic E-state index is 0.113. The summed E-state index contributed by atoms with van der Waals surface area (Å²) in [6, 6.07) is 9.72. The number of aldehydes is 1. The Morgan fingerprint density at radius 2 is 1.88 bits per heavy atom. The summed E-state index contributed by atoms with van der Waals surface area (Å²) < 4.78 is 31.3. The molecule has 0 amide bonds. The topological polar surface area (TPSA) is 79.5 Å². The van der Waals surface area contributed by atoms with Crippen LogP contribution in [0.2, 0.25) is 5.02 Å². The second-order valence-corrected chi connectivity index (χ2v) is 8.46. The Hall–Kier alpha value is -2.35. The summed E-state index contributed by atoms with van der Waals surface area (Å²) in [6.07, 6.45) is 0.695. The van der Waals surface area contributed by atoms with E-state index in [1.54, 1.807) is 24.3 Å². The molecule has 0 saturated heterocycles. The third kappa shape index (κ3) is 2.98. The van der Waals surface area contributed by atoms with Crippen LogP contribution in [-0.4, -0.2) is 45.2 Å². The lowest BCUT2D eigenvalue weighted by atomic mass is 10.1. The molecule has 1 heterocycles. The number of aromatic nitrogens is 1. The van der Waals surface area contributed by atoms with Crippen molar-refractivity contribution in [3.63, 3.8) is 0 Å². The maximum Gasteiger partial charge on any atom is 0.242 e. The monoisotopic (exact) mass is 392 g/mol. The molecule has 0 atom stereocenters. The third-order valence-electron chi connectivity index (χ3n) is 4.14. The van der Waals surface area contributed by atoms with E-state index < -0.39 is 10.0 Å². The lowest BCUT2D eigenvalue weighted by Crippen LogP contribution is -2.22. The van der Waals surface area contributed by atoms with Crippen LogP contribution >= 0.6 is 11.6 Å². The molecule has 1 N–H and O–H groups in total. The van der Waals surface area contributed by atoms with Crippen molar-refractivity contribution in [1.29, 1.82) is 0 Å². The number of benzene rings is 2. The minimum Gasteiger partial charge on any atom is -0.496 e. The molecule has 1 aromatic heterocycles. The fourth-order valence-corrected chi connectivity index (χ4v) is 3.87. The van der Waals surface area contributed by atoms with Gasteiger partial charge in [0.1, 0.15) is 5.75 Å². The molecule has 26 heavy (non-hydrogen) atoms. The Labute approximate surface area is 156 Å². The highest BCUT2D eigenvalue weighted by atomic mass is 35.5. The molecule has 0 bridgehead atoms. The van der Waals surface area contributed by atoms with Gasteiger partial charge in [0.15, 0.2) is 6.29 Å². The van der Waals surface area contributed by atoms with Crippen LogP contribution in [0.1, 0.15) is 10.4 Å². The molecule has 0 aliphatic rings. The summed E-state index contributed by atoms with van der Waals surface area (Å²) in [7, 11) is 0.831. The van der Waals surface area contributed by atoms with Crippen molar-refractivity contribution in [3.05, 3.63) is 47.0 Å². The number of H-pyrrole nitrogens is 1. The molecule has 2 aromatic carbocycles. The van der Waals surface area contributed by atoms with Crippen LogP contribution < -0.4 is 4.74 Å². The molecule has 0 aliphatic heterocycles. The van der Waals surface area contributed by atoms with E-state index in [1.165, 1.54) is 33.3 Å². The number of hydrogen-bond acceptors (Lipinski definition) is 4. The van der Waals surface area contributed by atoms with Gasteiger partial charge in [-0.2, -0.15) is 0 Å². The van der Waals surface area contributed by atoms with Gasteiger partial charge in [-0.15, -0.1) is 0 Å². The highest BCUT2D eigenvalue weighted by Gasteiger charge is 2.21. The van der Waals surface area contributed by atoms with Gasteiger partial charge in [-0.3, -0.25) is 4.79 Å². The first kappa shape index (κ1) is 18.4. The number of nitrogens with one attached hydrogen (secondary N) is 1. The lowest BCUT2D eigenvalue weighted by molar-refractivity contribution is 0.112. The van der Waals surface area contributed by atoms with E-state index in [2.05, 4.69) is 4.98 Å². The Bertz CT molecular complexity index is 1100. The van der Waals surface area contributed by atoms with Gasteiger partial charge in [-0.25, -0.2) is 12.7 Å². The molecular formula is C18H17ClN2O4S. The number of hydrogen-bond donors (Lipinski definition) is 1. The smallest absolute Gasteiger partial charge is 0.242 e. The van der Waals surface area contributed by atoms with Gasteiger partial charge in [0.2, 0.25) is 10.0 Å². The van der Waals surface area contributed by atoms with E-state index in [9.17, 15) is 13.2 Å². The number of aromatic amines is 1. The number of ether oxygens (including phenoxy) is 1. The van der Waals surface area contributed by atoms with Crippen molar-refractivity contribution in [3.8, 4) is 17.0 Å².